The number of ether oxygens (including phenoxy) is 3. The minimum atomic E-state index is 0.0358. The summed E-state index contributed by atoms with van der Waals surface area (Å²) in [6.45, 7) is 7.43. The van der Waals surface area contributed by atoms with Gasteiger partial charge in [-0.25, -0.2) is 0 Å². The maximum atomic E-state index is 6.09. The highest BCUT2D eigenvalue weighted by atomic mass is 16.5. The topological polar surface area (TPSA) is 53.7 Å². The average Bonchev–Trinajstić information content (AvgIpc) is 2.64. The quantitative estimate of drug-likeness (QED) is 0.769. The maximum absolute atomic E-state index is 6.09. The number of rotatable bonds is 8. The first kappa shape index (κ1) is 19.8. The van der Waals surface area contributed by atoms with Gasteiger partial charge in [0, 0.05) is 0 Å². The van der Waals surface area contributed by atoms with Gasteiger partial charge in [-0.1, -0.05) is 19.1 Å². The molecule has 2 rings (SSSR count). The molecule has 0 saturated carbocycles. The van der Waals surface area contributed by atoms with Crippen LogP contribution in [0.25, 0.3) is 0 Å². The Balaban J connectivity index is 0.00000139. The van der Waals surface area contributed by atoms with Crippen LogP contribution in [0.15, 0.2) is 48.5 Å². The molecule has 4 nitrogen and oxygen atoms in total. The predicted molar refractivity (Wildman–Crippen MR) is 99.0 cm³/mol. The molecule has 0 spiro atoms. The van der Waals surface area contributed by atoms with Crippen molar-refractivity contribution in [1.29, 1.82) is 0 Å². The van der Waals surface area contributed by atoms with E-state index < -0.39 is 0 Å². The molecule has 0 aliphatic rings. The SMILES string of the molecule is CCOc1ccc(OC(CC)c2ccc(OCC)cc2)cc1.CN. The van der Waals surface area contributed by atoms with Crippen LogP contribution in [0, 0.1) is 0 Å². The maximum Gasteiger partial charge on any atom is 0.123 e. The highest BCUT2D eigenvalue weighted by molar-refractivity contribution is 5.33. The smallest absolute Gasteiger partial charge is 0.123 e. The van der Waals surface area contributed by atoms with E-state index >= 15 is 0 Å². The summed E-state index contributed by atoms with van der Waals surface area (Å²) < 4.78 is 17.0. The molecule has 132 valence electrons. The van der Waals surface area contributed by atoms with Crippen LogP contribution in [0.1, 0.15) is 38.9 Å². The molecule has 0 aromatic heterocycles. The average molecular weight is 331 g/mol. The van der Waals surface area contributed by atoms with Crippen molar-refractivity contribution in [2.24, 2.45) is 5.73 Å². The van der Waals surface area contributed by atoms with Gasteiger partial charge in [0.25, 0.3) is 0 Å². The van der Waals surface area contributed by atoms with Gasteiger partial charge in [-0.15, -0.1) is 0 Å². The van der Waals surface area contributed by atoms with Crippen LogP contribution in [0.2, 0.25) is 0 Å². The van der Waals surface area contributed by atoms with E-state index in [-0.39, 0.29) is 6.10 Å². The van der Waals surface area contributed by atoms with Crippen LogP contribution in [0.4, 0.5) is 0 Å². The lowest BCUT2D eigenvalue weighted by Crippen LogP contribution is -2.06. The van der Waals surface area contributed by atoms with Gasteiger partial charge in [-0.3, -0.25) is 0 Å². The third kappa shape index (κ3) is 6.13. The zero-order valence-corrected chi connectivity index (χ0v) is 15.1. The lowest BCUT2D eigenvalue weighted by atomic mass is 10.1. The lowest BCUT2D eigenvalue weighted by molar-refractivity contribution is 0.201. The molecule has 0 fully saturated rings. The highest BCUT2D eigenvalue weighted by Crippen LogP contribution is 2.27. The summed E-state index contributed by atoms with van der Waals surface area (Å²) >= 11 is 0. The number of benzene rings is 2. The Kier molecular flexibility index (Phi) is 9.39. The summed E-state index contributed by atoms with van der Waals surface area (Å²) in [6, 6.07) is 15.9. The van der Waals surface area contributed by atoms with E-state index in [1.54, 1.807) is 0 Å². The monoisotopic (exact) mass is 331 g/mol. The van der Waals surface area contributed by atoms with E-state index in [1.807, 2.05) is 50.2 Å². The summed E-state index contributed by atoms with van der Waals surface area (Å²) in [6.07, 6.45) is 0.940. The Bertz CT molecular complexity index is 552. The third-order valence-corrected chi connectivity index (χ3v) is 3.35. The van der Waals surface area contributed by atoms with Crippen molar-refractivity contribution < 1.29 is 14.2 Å². The van der Waals surface area contributed by atoms with Gasteiger partial charge in [0.05, 0.1) is 13.2 Å². The van der Waals surface area contributed by atoms with Crippen LogP contribution in [0.3, 0.4) is 0 Å². The van der Waals surface area contributed by atoms with Crippen molar-refractivity contribution in [3.8, 4) is 17.2 Å². The molecule has 0 radical (unpaired) electrons. The summed E-state index contributed by atoms with van der Waals surface area (Å²) in [5, 5.41) is 0. The van der Waals surface area contributed by atoms with Crippen molar-refractivity contribution in [2.75, 3.05) is 20.3 Å². The molecule has 2 aromatic rings. The second kappa shape index (κ2) is 11.4. The largest absolute Gasteiger partial charge is 0.494 e. The van der Waals surface area contributed by atoms with E-state index in [0.29, 0.717) is 13.2 Å². The van der Waals surface area contributed by atoms with Crippen molar-refractivity contribution in [3.63, 3.8) is 0 Å². The first-order chi connectivity index (χ1) is 11.8. The fourth-order valence-corrected chi connectivity index (χ4v) is 2.28. The standard InChI is InChI=1S/C19H24O3.CH5N/c1-4-19(15-7-9-16(10-8-15)20-5-2)22-18-13-11-17(12-14-18)21-6-3;1-2/h7-14,19H,4-6H2,1-3H3;2H2,1H3. The van der Waals surface area contributed by atoms with Crippen LogP contribution in [-0.2, 0) is 0 Å². The van der Waals surface area contributed by atoms with Gasteiger partial charge in [0.2, 0.25) is 0 Å². The van der Waals surface area contributed by atoms with Gasteiger partial charge in [0.15, 0.2) is 0 Å². The van der Waals surface area contributed by atoms with E-state index in [0.717, 1.165) is 29.2 Å². The predicted octanol–water partition coefficient (Wildman–Crippen LogP) is 4.59. The first-order valence-electron chi connectivity index (χ1n) is 8.46. The second-order valence-electron chi connectivity index (χ2n) is 4.92. The van der Waals surface area contributed by atoms with Crippen molar-refractivity contribution >= 4 is 0 Å². The fraction of sp³-hybridized carbons (Fsp3) is 0.400. The van der Waals surface area contributed by atoms with E-state index in [1.165, 1.54) is 7.05 Å². The number of nitrogens with two attached hydrogens (primary N) is 1. The second-order valence-corrected chi connectivity index (χ2v) is 4.92. The summed E-state index contributed by atoms with van der Waals surface area (Å²) in [4.78, 5) is 0. The Morgan fingerprint density at radius 1 is 0.708 bits per heavy atom. The molecule has 0 bridgehead atoms. The molecule has 0 heterocycles. The third-order valence-electron chi connectivity index (χ3n) is 3.35. The van der Waals surface area contributed by atoms with Gasteiger partial charge < -0.3 is 19.9 Å². The molecule has 0 aliphatic carbocycles. The van der Waals surface area contributed by atoms with Crippen LogP contribution >= 0.6 is 0 Å². The minimum Gasteiger partial charge on any atom is -0.494 e. The Labute approximate surface area is 145 Å². The van der Waals surface area contributed by atoms with E-state index in [9.17, 15) is 0 Å². The zero-order valence-electron chi connectivity index (χ0n) is 15.1. The summed E-state index contributed by atoms with van der Waals surface area (Å²) in [5.74, 6) is 2.61. The molecule has 0 saturated heterocycles. The molecule has 1 unspecified atom stereocenters. The zero-order chi connectivity index (χ0) is 17.8. The first-order valence-corrected chi connectivity index (χ1v) is 8.46. The van der Waals surface area contributed by atoms with Gasteiger partial charge in [0.1, 0.15) is 23.4 Å². The van der Waals surface area contributed by atoms with Crippen LogP contribution in [-0.4, -0.2) is 20.3 Å². The Morgan fingerprint density at radius 3 is 1.54 bits per heavy atom. The van der Waals surface area contributed by atoms with Gasteiger partial charge >= 0.3 is 0 Å². The van der Waals surface area contributed by atoms with Crippen LogP contribution in [0.5, 0.6) is 17.2 Å². The molecular weight excluding hydrogens is 302 g/mol. The Hall–Kier alpha value is -2.20. The normalized spacial score (nSPS) is 11.0. The van der Waals surface area contributed by atoms with Crippen LogP contribution < -0.4 is 19.9 Å². The summed E-state index contributed by atoms with van der Waals surface area (Å²) in [5.41, 5.74) is 5.65. The molecule has 1 atom stereocenters. The highest BCUT2D eigenvalue weighted by Gasteiger charge is 2.11. The van der Waals surface area contributed by atoms with Crippen molar-refractivity contribution in [2.45, 2.75) is 33.3 Å². The number of hydrogen-bond donors (Lipinski definition) is 1. The molecule has 0 aliphatic heterocycles. The molecule has 2 N–H and O–H groups in total. The Morgan fingerprint density at radius 2 is 1.12 bits per heavy atom. The van der Waals surface area contributed by atoms with Crippen molar-refractivity contribution in [3.05, 3.63) is 54.1 Å². The van der Waals surface area contributed by atoms with Gasteiger partial charge in [-0.05, 0) is 69.3 Å². The number of hydrogen-bond acceptors (Lipinski definition) is 4. The summed E-state index contributed by atoms with van der Waals surface area (Å²) in [7, 11) is 1.50. The lowest BCUT2D eigenvalue weighted by Gasteiger charge is -2.18. The molecule has 0 amide bonds. The molecule has 4 heteroatoms. The molecule has 24 heavy (non-hydrogen) atoms. The fourth-order valence-electron chi connectivity index (χ4n) is 2.28. The van der Waals surface area contributed by atoms with Gasteiger partial charge in [-0.2, -0.15) is 0 Å². The minimum absolute atomic E-state index is 0.0358. The molecular formula is C20H29NO3. The van der Waals surface area contributed by atoms with E-state index in [4.69, 9.17) is 14.2 Å². The van der Waals surface area contributed by atoms with E-state index in [2.05, 4.69) is 24.8 Å². The molecule has 2 aromatic carbocycles. The van der Waals surface area contributed by atoms with Crippen molar-refractivity contribution in [1.82, 2.24) is 0 Å².